The largest absolute Gasteiger partial charge is 0.481 e. The molecular weight excluding hydrogens is 256 g/mol. The number of hydrogen-bond donors (Lipinski definition) is 2. The van der Waals surface area contributed by atoms with Crippen molar-refractivity contribution in [2.24, 2.45) is 11.3 Å². The summed E-state index contributed by atoms with van der Waals surface area (Å²) in [7, 11) is 0. The van der Waals surface area contributed by atoms with Crippen LogP contribution in [-0.4, -0.2) is 47.1 Å². The summed E-state index contributed by atoms with van der Waals surface area (Å²) in [4.78, 5) is 25.6. The zero-order valence-electron chi connectivity index (χ0n) is 13.3. The Morgan fingerprint density at radius 3 is 2.30 bits per heavy atom. The second kappa shape index (κ2) is 6.12. The van der Waals surface area contributed by atoms with Crippen LogP contribution in [-0.2, 0) is 9.59 Å². The Bertz CT molecular complexity index is 366. The lowest BCUT2D eigenvalue weighted by atomic mass is 9.74. The minimum absolute atomic E-state index is 0.00931. The Hall–Kier alpha value is -1.10. The molecular formula is C15H28N2O3. The molecule has 5 nitrogen and oxygen atoms in total. The number of nitrogens with one attached hydrogen (secondary N) is 1. The van der Waals surface area contributed by atoms with Crippen molar-refractivity contribution in [1.82, 2.24) is 10.2 Å². The number of carbonyl (C=O) groups is 2. The van der Waals surface area contributed by atoms with Crippen molar-refractivity contribution in [3.63, 3.8) is 0 Å². The summed E-state index contributed by atoms with van der Waals surface area (Å²) in [6, 6.07) is 0. The number of carbonyl (C=O) groups excluding carboxylic acids is 1. The lowest BCUT2D eigenvalue weighted by molar-refractivity contribution is -0.150. The molecule has 1 unspecified atom stereocenters. The van der Waals surface area contributed by atoms with Crippen molar-refractivity contribution in [2.45, 2.75) is 53.0 Å². The third-order valence-corrected chi connectivity index (χ3v) is 4.32. The van der Waals surface area contributed by atoms with Crippen molar-refractivity contribution in [1.29, 1.82) is 0 Å². The van der Waals surface area contributed by atoms with Crippen LogP contribution in [0.5, 0.6) is 0 Å². The maximum atomic E-state index is 13.1. The smallest absolute Gasteiger partial charge is 0.305 e. The fourth-order valence-electron chi connectivity index (χ4n) is 2.85. The highest BCUT2D eigenvalue weighted by Gasteiger charge is 2.47. The standard InChI is InChI=1S/C15H28N2O3/c1-11(2)15(7-8-16-10-15)13(20)17(14(3,4)5)9-6-12(18)19/h11,16H,6-10H2,1-5H3,(H,18,19). The third kappa shape index (κ3) is 3.51. The summed E-state index contributed by atoms with van der Waals surface area (Å²) in [6.07, 6.45) is 0.813. The van der Waals surface area contributed by atoms with Gasteiger partial charge in [0, 0.05) is 18.6 Å². The van der Waals surface area contributed by atoms with Crippen molar-refractivity contribution < 1.29 is 14.7 Å². The number of aliphatic carboxylic acids is 1. The first kappa shape index (κ1) is 17.0. The molecule has 1 amide bonds. The second-order valence-electron chi connectivity index (χ2n) is 7.01. The van der Waals surface area contributed by atoms with E-state index >= 15 is 0 Å². The van der Waals surface area contributed by atoms with Crippen LogP contribution in [0.25, 0.3) is 0 Å². The molecule has 1 aliphatic heterocycles. The summed E-state index contributed by atoms with van der Waals surface area (Å²) in [5.74, 6) is -0.541. The van der Waals surface area contributed by atoms with Crippen LogP contribution < -0.4 is 5.32 Å². The topological polar surface area (TPSA) is 69.6 Å². The lowest BCUT2D eigenvalue weighted by Gasteiger charge is -2.43. The molecule has 0 saturated carbocycles. The predicted octanol–water partition coefficient (Wildman–Crippen LogP) is 1.72. The first-order valence-corrected chi connectivity index (χ1v) is 7.36. The van der Waals surface area contributed by atoms with Crippen LogP contribution in [0.3, 0.4) is 0 Å². The van der Waals surface area contributed by atoms with Crippen LogP contribution in [0.1, 0.15) is 47.5 Å². The van der Waals surface area contributed by atoms with Gasteiger partial charge in [0.25, 0.3) is 0 Å². The quantitative estimate of drug-likeness (QED) is 0.806. The van der Waals surface area contributed by atoms with Gasteiger partial charge in [-0.2, -0.15) is 0 Å². The third-order valence-electron chi connectivity index (χ3n) is 4.32. The predicted molar refractivity (Wildman–Crippen MR) is 78.5 cm³/mol. The molecule has 5 heteroatoms. The fourth-order valence-corrected chi connectivity index (χ4v) is 2.85. The number of hydrogen-bond acceptors (Lipinski definition) is 3. The Morgan fingerprint density at radius 2 is 1.95 bits per heavy atom. The van der Waals surface area contributed by atoms with Crippen LogP contribution >= 0.6 is 0 Å². The van der Waals surface area contributed by atoms with Gasteiger partial charge in [-0.25, -0.2) is 0 Å². The number of carboxylic acid groups (broad SMARTS) is 1. The maximum absolute atomic E-state index is 13.1. The normalized spacial score (nSPS) is 23.1. The minimum Gasteiger partial charge on any atom is -0.481 e. The molecule has 0 aliphatic carbocycles. The maximum Gasteiger partial charge on any atom is 0.305 e. The van der Waals surface area contributed by atoms with Gasteiger partial charge in [0.1, 0.15) is 0 Å². The summed E-state index contributed by atoms with van der Waals surface area (Å²) < 4.78 is 0. The van der Waals surface area contributed by atoms with E-state index in [1.807, 2.05) is 20.8 Å². The van der Waals surface area contributed by atoms with Crippen molar-refractivity contribution >= 4 is 11.9 Å². The highest BCUT2D eigenvalue weighted by molar-refractivity contribution is 5.84. The van der Waals surface area contributed by atoms with Gasteiger partial charge in [-0.1, -0.05) is 13.8 Å². The molecule has 0 aromatic carbocycles. The fraction of sp³-hybridized carbons (Fsp3) is 0.867. The number of amides is 1. The zero-order chi connectivity index (χ0) is 15.6. The summed E-state index contributed by atoms with van der Waals surface area (Å²) in [5.41, 5.74) is -0.761. The average Bonchev–Trinajstić information content (AvgIpc) is 2.76. The first-order valence-electron chi connectivity index (χ1n) is 7.36. The van der Waals surface area contributed by atoms with Crippen LogP contribution in [0.4, 0.5) is 0 Å². The van der Waals surface area contributed by atoms with Gasteiger partial charge in [0.15, 0.2) is 0 Å². The second-order valence-corrected chi connectivity index (χ2v) is 7.01. The molecule has 0 aromatic rings. The molecule has 1 saturated heterocycles. The highest BCUT2D eigenvalue weighted by Crippen LogP contribution is 2.37. The zero-order valence-corrected chi connectivity index (χ0v) is 13.3. The van der Waals surface area contributed by atoms with Crippen LogP contribution in [0, 0.1) is 11.3 Å². The molecule has 1 rings (SSSR count). The monoisotopic (exact) mass is 284 g/mol. The summed E-state index contributed by atoms with van der Waals surface area (Å²) >= 11 is 0. The van der Waals surface area contributed by atoms with E-state index in [1.165, 1.54) is 0 Å². The Labute approximate surface area is 121 Å². The molecule has 0 aromatic heterocycles. The van der Waals surface area contributed by atoms with E-state index in [0.717, 1.165) is 13.0 Å². The van der Waals surface area contributed by atoms with Crippen LogP contribution in [0.15, 0.2) is 0 Å². The molecule has 1 aliphatic rings. The van der Waals surface area contributed by atoms with Gasteiger partial charge in [-0.05, 0) is 39.7 Å². The van der Waals surface area contributed by atoms with E-state index in [9.17, 15) is 9.59 Å². The molecule has 1 heterocycles. The van der Waals surface area contributed by atoms with E-state index in [4.69, 9.17) is 5.11 Å². The molecule has 0 bridgehead atoms. The molecule has 116 valence electrons. The Kier molecular flexibility index (Phi) is 5.19. The van der Waals surface area contributed by atoms with Gasteiger partial charge < -0.3 is 15.3 Å². The van der Waals surface area contributed by atoms with Gasteiger partial charge in [0.2, 0.25) is 5.91 Å². The Morgan fingerprint density at radius 1 is 1.35 bits per heavy atom. The molecule has 0 radical (unpaired) electrons. The Balaban J connectivity index is 3.00. The molecule has 0 spiro atoms. The van der Waals surface area contributed by atoms with Gasteiger partial charge in [-0.15, -0.1) is 0 Å². The summed E-state index contributed by atoms with van der Waals surface area (Å²) in [6.45, 7) is 11.8. The minimum atomic E-state index is -0.866. The highest BCUT2D eigenvalue weighted by atomic mass is 16.4. The molecule has 2 N–H and O–H groups in total. The molecule has 20 heavy (non-hydrogen) atoms. The van der Waals surface area contributed by atoms with E-state index in [1.54, 1.807) is 4.90 Å². The van der Waals surface area contributed by atoms with Crippen molar-refractivity contribution in [3.05, 3.63) is 0 Å². The van der Waals surface area contributed by atoms with E-state index in [-0.39, 0.29) is 30.3 Å². The summed E-state index contributed by atoms with van der Waals surface area (Å²) in [5, 5.41) is 12.2. The van der Waals surface area contributed by atoms with E-state index in [2.05, 4.69) is 19.2 Å². The van der Waals surface area contributed by atoms with Gasteiger partial charge >= 0.3 is 5.97 Å². The van der Waals surface area contributed by atoms with Crippen LogP contribution in [0.2, 0.25) is 0 Å². The average molecular weight is 284 g/mol. The number of rotatable bonds is 5. The van der Waals surface area contributed by atoms with Gasteiger partial charge in [0.05, 0.1) is 11.8 Å². The SMILES string of the molecule is CC(C)C1(C(=O)N(CCC(=O)O)C(C)(C)C)CCNC1. The van der Waals surface area contributed by atoms with Crippen molar-refractivity contribution in [2.75, 3.05) is 19.6 Å². The number of nitrogens with zero attached hydrogens (tertiary/aromatic N) is 1. The van der Waals surface area contributed by atoms with Crippen molar-refractivity contribution in [3.8, 4) is 0 Å². The van der Waals surface area contributed by atoms with E-state index < -0.39 is 11.4 Å². The van der Waals surface area contributed by atoms with E-state index in [0.29, 0.717) is 6.54 Å². The molecule has 1 fully saturated rings. The number of carboxylic acids is 1. The first-order chi connectivity index (χ1) is 9.11. The van der Waals surface area contributed by atoms with Gasteiger partial charge in [-0.3, -0.25) is 9.59 Å². The lowest BCUT2D eigenvalue weighted by Crippen LogP contribution is -2.55. The molecule has 1 atom stereocenters.